The molecule has 3 unspecified atom stereocenters. The van der Waals surface area contributed by atoms with E-state index in [4.69, 9.17) is 21.2 Å². The predicted molar refractivity (Wildman–Crippen MR) is 175 cm³/mol. The Kier molecular flexibility index (Phi) is 10.8. The van der Waals surface area contributed by atoms with Gasteiger partial charge in [-0.1, -0.05) is 48.9 Å². The summed E-state index contributed by atoms with van der Waals surface area (Å²) < 4.78 is 74.1. The fraction of sp³-hybridized carbons (Fsp3) is 0.371. The van der Waals surface area contributed by atoms with Gasteiger partial charge in [0.05, 0.1) is 40.0 Å². The average Bonchev–Trinajstić information content (AvgIpc) is 3.36. The van der Waals surface area contributed by atoms with Crippen LogP contribution in [0, 0.1) is 35.2 Å². The summed E-state index contributed by atoms with van der Waals surface area (Å²) in [5.74, 6) is -8.09. The van der Waals surface area contributed by atoms with Gasteiger partial charge in [0.15, 0.2) is 27.3 Å². The van der Waals surface area contributed by atoms with Crippen LogP contribution in [0.4, 0.5) is 18.9 Å². The molecule has 1 amide bonds. The lowest BCUT2D eigenvalue weighted by Gasteiger charge is -2.44. The average molecular weight is 721 g/mol. The molecular formula is C35H36ClF3N2O7S. The van der Waals surface area contributed by atoms with Crippen LogP contribution in [0.3, 0.4) is 0 Å². The first-order chi connectivity index (χ1) is 23.1. The van der Waals surface area contributed by atoms with Gasteiger partial charge in [-0.15, -0.1) is 5.06 Å². The third-order valence-electron chi connectivity index (χ3n) is 9.47. The van der Waals surface area contributed by atoms with E-state index in [0.717, 1.165) is 11.6 Å². The first-order valence-electron chi connectivity index (χ1n) is 15.6. The molecule has 2 N–H and O–H groups in total. The van der Waals surface area contributed by atoms with Crippen molar-refractivity contribution >= 4 is 39.0 Å². The molecule has 0 spiro atoms. The van der Waals surface area contributed by atoms with E-state index in [1.54, 1.807) is 14.0 Å². The second-order valence-electron chi connectivity index (χ2n) is 12.6. The third-order valence-corrected chi connectivity index (χ3v) is 12.3. The molecule has 0 saturated heterocycles. The number of aliphatic hydroxyl groups is 1. The molecule has 9 nitrogen and oxygen atoms in total. The zero-order valence-corrected chi connectivity index (χ0v) is 28.5. The fourth-order valence-corrected chi connectivity index (χ4v) is 9.87. The number of amides is 1. The highest BCUT2D eigenvalue weighted by atomic mass is 35.5. The Bertz CT molecular complexity index is 1840. The summed E-state index contributed by atoms with van der Waals surface area (Å²) in [5, 5.41) is 14.7. The summed E-state index contributed by atoms with van der Waals surface area (Å²) in [7, 11) is -1.26. The zero-order chi connectivity index (χ0) is 35.7. The number of fused-ring (bicyclic) bond motifs is 2. The van der Waals surface area contributed by atoms with E-state index in [1.165, 1.54) is 30.6 Å². The number of carbonyl (C=O) groups excluding carboxylic acids is 2. The lowest BCUT2D eigenvalue weighted by atomic mass is 9.69. The van der Waals surface area contributed by atoms with Gasteiger partial charge in [-0.3, -0.25) is 4.79 Å². The maximum absolute atomic E-state index is 14.2. The van der Waals surface area contributed by atoms with Gasteiger partial charge < -0.3 is 20.0 Å². The second kappa shape index (κ2) is 14.5. The monoisotopic (exact) mass is 720 g/mol. The SMILES string of the molecule is COC(=O)/C(=C/ON(C)Cc1ccccc1)C(C)[C@]1(O)CC2CC[C@H](C1)C2S(=O)(=O)c1cc(C(=O)Nc2cc(F)c(F)c(F)c2)ccc1Cl. The minimum absolute atomic E-state index is 0.0578. The Labute approximate surface area is 287 Å². The minimum atomic E-state index is -4.18. The first kappa shape index (κ1) is 36.4. The number of nitrogens with zero attached hydrogens (tertiary/aromatic N) is 1. The zero-order valence-electron chi connectivity index (χ0n) is 27.0. The molecule has 49 heavy (non-hydrogen) atoms. The standard InChI is InChI=1S/C35H36ClF3N2O7S/c1-20(26(34(43)47-3)19-48-41(2)18-21-7-5-4-6-8-21)35(44)16-23-9-10-24(17-35)32(23)49(45,46)30-13-22(11-12-27(30)36)33(42)40-25-14-28(37)31(39)29(38)15-25/h4-8,11-15,19-20,23-24,32,44H,9-10,16-18H2,1-3H3,(H,40,42)/b26-19+/t20?,23-,24?,32?,35-/m1/s1. The summed E-state index contributed by atoms with van der Waals surface area (Å²) in [6.45, 7) is 2.10. The predicted octanol–water partition coefficient (Wildman–Crippen LogP) is 6.46. The molecule has 2 bridgehead atoms. The van der Waals surface area contributed by atoms with Crippen LogP contribution < -0.4 is 5.32 Å². The van der Waals surface area contributed by atoms with E-state index in [2.05, 4.69) is 5.32 Å². The second-order valence-corrected chi connectivity index (χ2v) is 15.1. The molecule has 0 aliphatic heterocycles. The van der Waals surface area contributed by atoms with Gasteiger partial charge in [0, 0.05) is 36.3 Å². The molecule has 0 aromatic heterocycles. The number of carbonyl (C=O) groups is 2. The molecule has 5 rings (SSSR count). The smallest absolute Gasteiger partial charge is 0.337 e. The van der Waals surface area contributed by atoms with Crippen molar-refractivity contribution in [2.75, 3.05) is 19.5 Å². The highest BCUT2D eigenvalue weighted by Gasteiger charge is 2.56. The molecule has 2 saturated carbocycles. The molecule has 2 fully saturated rings. The minimum Gasteiger partial charge on any atom is -0.466 e. The van der Waals surface area contributed by atoms with Gasteiger partial charge in [0.2, 0.25) is 0 Å². The van der Waals surface area contributed by atoms with Crippen molar-refractivity contribution in [3.63, 3.8) is 0 Å². The van der Waals surface area contributed by atoms with Crippen molar-refractivity contribution in [1.82, 2.24) is 5.06 Å². The normalized spacial score (nSPS) is 22.9. The number of hydrogen-bond donors (Lipinski definition) is 2. The summed E-state index contributed by atoms with van der Waals surface area (Å²) >= 11 is 6.37. The highest BCUT2D eigenvalue weighted by molar-refractivity contribution is 7.92. The molecule has 3 aromatic rings. The van der Waals surface area contributed by atoms with Crippen LogP contribution in [0.15, 0.2) is 77.4 Å². The van der Waals surface area contributed by atoms with Gasteiger partial charge in [-0.2, -0.15) is 0 Å². The van der Waals surface area contributed by atoms with Crippen LogP contribution >= 0.6 is 11.6 Å². The largest absolute Gasteiger partial charge is 0.466 e. The van der Waals surface area contributed by atoms with Crippen LogP contribution in [-0.4, -0.2) is 55.5 Å². The number of esters is 1. The van der Waals surface area contributed by atoms with E-state index in [0.29, 0.717) is 31.5 Å². The van der Waals surface area contributed by atoms with Crippen molar-refractivity contribution in [2.24, 2.45) is 17.8 Å². The Balaban J connectivity index is 1.35. The van der Waals surface area contributed by atoms with Crippen LogP contribution in [0.2, 0.25) is 5.02 Å². The maximum atomic E-state index is 14.2. The highest BCUT2D eigenvalue weighted by Crippen LogP contribution is 2.54. The Hall–Kier alpha value is -3.91. The molecule has 2 aliphatic carbocycles. The van der Waals surface area contributed by atoms with E-state index in [-0.39, 0.29) is 39.6 Å². The van der Waals surface area contributed by atoms with Crippen molar-refractivity contribution in [3.8, 4) is 0 Å². The van der Waals surface area contributed by atoms with E-state index >= 15 is 0 Å². The number of halogens is 4. The topological polar surface area (TPSA) is 122 Å². The lowest BCUT2D eigenvalue weighted by molar-refractivity contribution is -0.140. The number of benzene rings is 3. The summed E-state index contributed by atoms with van der Waals surface area (Å²) in [6, 6.07) is 14.3. The number of anilines is 1. The number of hydrogen-bond acceptors (Lipinski definition) is 8. The quantitative estimate of drug-likeness (QED) is 0.0762. The maximum Gasteiger partial charge on any atom is 0.337 e. The van der Waals surface area contributed by atoms with E-state index in [9.17, 15) is 36.3 Å². The summed E-state index contributed by atoms with van der Waals surface area (Å²) in [6.07, 6.45) is 2.37. The Morgan fingerprint density at radius 1 is 1.06 bits per heavy atom. The number of nitrogens with one attached hydrogen (secondary N) is 1. The molecule has 0 heterocycles. The van der Waals surface area contributed by atoms with Gasteiger partial charge >= 0.3 is 5.97 Å². The van der Waals surface area contributed by atoms with Crippen LogP contribution in [-0.2, 0) is 30.8 Å². The van der Waals surface area contributed by atoms with Crippen molar-refractivity contribution in [2.45, 2.75) is 54.9 Å². The Morgan fingerprint density at radius 3 is 2.27 bits per heavy atom. The van der Waals surface area contributed by atoms with Gasteiger partial charge in [-0.25, -0.2) is 26.4 Å². The van der Waals surface area contributed by atoms with Gasteiger partial charge in [0.1, 0.15) is 6.26 Å². The number of methoxy groups -OCH3 is 1. The summed E-state index contributed by atoms with van der Waals surface area (Å²) in [4.78, 5) is 31.3. The van der Waals surface area contributed by atoms with Gasteiger partial charge in [-0.05, 0) is 61.3 Å². The van der Waals surface area contributed by atoms with Crippen molar-refractivity contribution in [1.29, 1.82) is 0 Å². The van der Waals surface area contributed by atoms with E-state index < -0.39 is 67.8 Å². The number of hydroxylamine groups is 2. The number of ether oxygens (including phenoxy) is 1. The molecule has 3 aromatic carbocycles. The van der Waals surface area contributed by atoms with Crippen LogP contribution in [0.25, 0.3) is 0 Å². The van der Waals surface area contributed by atoms with E-state index in [1.807, 2.05) is 30.3 Å². The first-order valence-corrected chi connectivity index (χ1v) is 17.5. The molecule has 5 atom stereocenters. The number of sulfone groups is 1. The molecule has 2 aliphatic rings. The molecule has 262 valence electrons. The number of rotatable bonds is 11. The van der Waals surface area contributed by atoms with Crippen LogP contribution in [0.1, 0.15) is 48.5 Å². The van der Waals surface area contributed by atoms with Crippen molar-refractivity contribution < 1.29 is 45.9 Å². The molecular weight excluding hydrogens is 685 g/mol. The van der Waals surface area contributed by atoms with Crippen LogP contribution in [0.5, 0.6) is 0 Å². The third kappa shape index (κ3) is 7.64. The molecule has 0 radical (unpaired) electrons. The lowest BCUT2D eigenvalue weighted by Crippen LogP contribution is -2.50. The van der Waals surface area contributed by atoms with Gasteiger partial charge in [0.25, 0.3) is 5.91 Å². The van der Waals surface area contributed by atoms with Crippen molar-refractivity contribution in [3.05, 3.63) is 106 Å². The fourth-order valence-electron chi connectivity index (χ4n) is 7.03. The summed E-state index contributed by atoms with van der Waals surface area (Å²) in [5.41, 5.74) is -0.927. The Morgan fingerprint density at radius 2 is 1.67 bits per heavy atom. The molecule has 14 heteroatoms.